The molecule has 2 aromatic rings. The molecule has 0 radical (unpaired) electrons. The molecule has 1 atom stereocenters. The number of halogens is 3. The molecule has 0 saturated carbocycles. The van der Waals surface area contributed by atoms with Gasteiger partial charge in [0.15, 0.2) is 0 Å². The van der Waals surface area contributed by atoms with E-state index in [2.05, 4.69) is 10.6 Å². The van der Waals surface area contributed by atoms with E-state index in [1.54, 1.807) is 12.1 Å². The van der Waals surface area contributed by atoms with Gasteiger partial charge in [-0.05, 0) is 36.0 Å². The van der Waals surface area contributed by atoms with Gasteiger partial charge in [-0.2, -0.15) is 13.2 Å². The first-order chi connectivity index (χ1) is 10.8. The van der Waals surface area contributed by atoms with Gasteiger partial charge in [0.05, 0.1) is 18.5 Å². The Morgan fingerprint density at radius 3 is 2.65 bits per heavy atom. The molecule has 0 fully saturated rings. The SMILES string of the molecule is O=C(NCC(O)c1ccco1)Nc1ccccc1SC(F)(F)F. The van der Waals surface area contributed by atoms with Crippen LogP contribution in [0.4, 0.5) is 23.7 Å². The van der Waals surface area contributed by atoms with Gasteiger partial charge in [-0.25, -0.2) is 4.79 Å². The molecule has 0 spiro atoms. The summed E-state index contributed by atoms with van der Waals surface area (Å²) in [7, 11) is 0. The predicted octanol–water partition coefficient (Wildman–Crippen LogP) is 3.75. The zero-order valence-electron chi connectivity index (χ0n) is 11.6. The molecule has 23 heavy (non-hydrogen) atoms. The first kappa shape index (κ1) is 17.2. The van der Waals surface area contributed by atoms with E-state index in [0.717, 1.165) is 0 Å². The molecule has 0 aliphatic rings. The summed E-state index contributed by atoms with van der Waals surface area (Å²) in [6.07, 6.45) is 0.332. The standard InChI is InChI=1S/C14H13F3N2O3S/c15-14(16,17)23-12-6-2-1-4-9(12)19-13(21)18-8-10(20)11-5-3-7-22-11/h1-7,10,20H,8H2,(H2,18,19,21). The van der Waals surface area contributed by atoms with Gasteiger partial charge in [-0.3, -0.25) is 0 Å². The number of carbonyl (C=O) groups is 1. The summed E-state index contributed by atoms with van der Waals surface area (Å²) >= 11 is -0.315. The Morgan fingerprint density at radius 1 is 1.26 bits per heavy atom. The van der Waals surface area contributed by atoms with Crippen molar-refractivity contribution in [2.75, 3.05) is 11.9 Å². The van der Waals surface area contributed by atoms with Gasteiger partial charge in [-0.15, -0.1) is 0 Å². The molecule has 5 nitrogen and oxygen atoms in total. The Kier molecular flexibility index (Phi) is 5.56. The predicted molar refractivity (Wildman–Crippen MR) is 79.0 cm³/mol. The number of nitrogens with one attached hydrogen (secondary N) is 2. The first-order valence-corrected chi connectivity index (χ1v) is 7.28. The molecule has 1 heterocycles. The zero-order chi connectivity index (χ0) is 16.9. The topological polar surface area (TPSA) is 74.5 Å². The van der Waals surface area contributed by atoms with Crippen LogP contribution in [0.5, 0.6) is 0 Å². The van der Waals surface area contributed by atoms with Crippen molar-refractivity contribution < 1.29 is 27.5 Å². The van der Waals surface area contributed by atoms with Gasteiger partial charge in [0.1, 0.15) is 11.9 Å². The molecule has 0 bridgehead atoms. The number of aliphatic hydroxyl groups is 1. The highest BCUT2D eigenvalue weighted by atomic mass is 32.2. The second-order valence-corrected chi connectivity index (χ2v) is 5.52. The molecule has 1 unspecified atom stereocenters. The number of urea groups is 1. The summed E-state index contributed by atoms with van der Waals surface area (Å²) < 4.78 is 42.4. The van der Waals surface area contributed by atoms with Crippen LogP contribution in [0.2, 0.25) is 0 Å². The Morgan fingerprint density at radius 2 is 2.00 bits per heavy atom. The van der Waals surface area contributed by atoms with Crippen molar-refractivity contribution >= 4 is 23.5 Å². The van der Waals surface area contributed by atoms with E-state index in [0.29, 0.717) is 0 Å². The van der Waals surface area contributed by atoms with Gasteiger partial charge >= 0.3 is 11.5 Å². The van der Waals surface area contributed by atoms with E-state index in [1.165, 1.54) is 30.5 Å². The highest BCUT2D eigenvalue weighted by Gasteiger charge is 2.30. The number of hydrogen-bond acceptors (Lipinski definition) is 4. The second-order valence-electron chi connectivity index (χ2n) is 4.41. The van der Waals surface area contributed by atoms with Crippen molar-refractivity contribution in [3.63, 3.8) is 0 Å². The number of carbonyl (C=O) groups excluding carboxylic acids is 1. The molecule has 0 aliphatic carbocycles. The Labute approximate surface area is 133 Å². The van der Waals surface area contributed by atoms with Crippen molar-refractivity contribution in [2.45, 2.75) is 16.5 Å². The minimum absolute atomic E-state index is 0.0276. The van der Waals surface area contributed by atoms with Gasteiger partial charge in [-0.1, -0.05) is 12.1 Å². The lowest BCUT2D eigenvalue weighted by Gasteiger charge is -2.14. The maximum atomic E-state index is 12.5. The Hall–Kier alpha value is -2.13. The van der Waals surface area contributed by atoms with E-state index in [9.17, 15) is 23.1 Å². The van der Waals surface area contributed by atoms with Crippen LogP contribution in [0.25, 0.3) is 0 Å². The number of aliphatic hydroxyl groups excluding tert-OH is 1. The van der Waals surface area contributed by atoms with Crippen molar-refractivity contribution in [3.05, 3.63) is 48.4 Å². The fourth-order valence-electron chi connectivity index (χ4n) is 1.72. The minimum Gasteiger partial charge on any atom is -0.467 e. The quantitative estimate of drug-likeness (QED) is 0.721. The highest BCUT2D eigenvalue weighted by molar-refractivity contribution is 8.00. The number of hydrogen-bond donors (Lipinski definition) is 3. The van der Waals surface area contributed by atoms with Crippen LogP contribution in [0, 0.1) is 0 Å². The summed E-state index contributed by atoms with van der Waals surface area (Å²) in [5, 5.41) is 14.4. The van der Waals surface area contributed by atoms with Crippen molar-refractivity contribution in [2.24, 2.45) is 0 Å². The summed E-state index contributed by atoms with van der Waals surface area (Å²) in [5.41, 5.74) is -4.43. The number of benzene rings is 1. The largest absolute Gasteiger partial charge is 0.467 e. The normalized spacial score (nSPS) is 12.7. The van der Waals surface area contributed by atoms with E-state index in [-0.39, 0.29) is 34.6 Å². The molecular weight excluding hydrogens is 333 g/mol. The number of anilines is 1. The third-order valence-electron chi connectivity index (χ3n) is 2.69. The molecule has 0 saturated heterocycles. The molecule has 2 rings (SSSR count). The third-order valence-corrected chi connectivity index (χ3v) is 3.50. The number of alkyl halides is 3. The Balaban J connectivity index is 1.93. The molecule has 3 N–H and O–H groups in total. The summed E-state index contributed by atoms with van der Waals surface area (Å²) in [4.78, 5) is 11.6. The average molecular weight is 346 g/mol. The zero-order valence-corrected chi connectivity index (χ0v) is 12.4. The van der Waals surface area contributed by atoms with E-state index >= 15 is 0 Å². The van der Waals surface area contributed by atoms with Crippen LogP contribution in [0.1, 0.15) is 11.9 Å². The highest BCUT2D eigenvalue weighted by Crippen LogP contribution is 2.40. The molecule has 1 aromatic heterocycles. The number of amides is 2. The smallest absolute Gasteiger partial charge is 0.446 e. The van der Waals surface area contributed by atoms with Crippen LogP contribution in [-0.4, -0.2) is 23.2 Å². The number of furan rings is 1. The molecular formula is C14H13F3N2O3S. The van der Waals surface area contributed by atoms with Crippen LogP contribution in [0.15, 0.2) is 52.0 Å². The monoisotopic (exact) mass is 346 g/mol. The van der Waals surface area contributed by atoms with Crippen LogP contribution >= 0.6 is 11.8 Å². The van der Waals surface area contributed by atoms with Crippen molar-refractivity contribution in [1.82, 2.24) is 5.32 Å². The maximum Gasteiger partial charge on any atom is 0.446 e. The first-order valence-electron chi connectivity index (χ1n) is 6.46. The Bertz CT molecular complexity index is 647. The van der Waals surface area contributed by atoms with Crippen molar-refractivity contribution in [1.29, 1.82) is 0 Å². The number of rotatable bonds is 5. The van der Waals surface area contributed by atoms with Crippen LogP contribution in [0.3, 0.4) is 0 Å². The lowest BCUT2D eigenvalue weighted by Crippen LogP contribution is -2.32. The van der Waals surface area contributed by atoms with Gasteiger partial charge in [0.2, 0.25) is 0 Å². The van der Waals surface area contributed by atoms with Gasteiger partial charge < -0.3 is 20.2 Å². The molecule has 0 aliphatic heterocycles. The average Bonchev–Trinajstić information content (AvgIpc) is 2.99. The maximum absolute atomic E-state index is 12.5. The lowest BCUT2D eigenvalue weighted by molar-refractivity contribution is -0.0328. The van der Waals surface area contributed by atoms with Crippen LogP contribution < -0.4 is 10.6 Å². The van der Waals surface area contributed by atoms with E-state index in [4.69, 9.17) is 4.42 Å². The van der Waals surface area contributed by atoms with Gasteiger partial charge in [0.25, 0.3) is 0 Å². The molecule has 2 amide bonds. The molecule has 124 valence electrons. The fourth-order valence-corrected chi connectivity index (χ4v) is 2.35. The summed E-state index contributed by atoms with van der Waals surface area (Å²) in [6, 6.07) is 7.96. The minimum atomic E-state index is -4.45. The fraction of sp³-hybridized carbons (Fsp3) is 0.214. The van der Waals surface area contributed by atoms with E-state index in [1.807, 2.05) is 0 Å². The number of thioether (sulfide) groups is 1. The molecule has 9 heteroatoms. The third kappa shape index (κ3) is 5.53. The van der Waals surface area contributed by atoms with E-state index < -0.39 is 17.6 Å². The van der Waals surface area contributed by atoms with Gasteiger partial charge in [0, 0.05) is 4.90 Å². The number of para-hydroxylation sites is 1. The summed E-state index contributed by atoms with van der Waals surface area (Å²) in [5.74, 6) is 0.276. The lowest BCUT2D eigenvalue weighted by atomic mass is 10.3. The summed E-state index contributed by atoms with van der Waals surface area (Å²) in [6.45, 7) is -0.145. The van der Waals surface area contributed by atoms with Crippen LogP contribution in [-0.2, 0) is 0 Å². The second kappa shape index (κ2) is 7.42. The molecule has 1 aromatic carbocycles. The van der Waals surface area contributed by atoms with Crippen molar-refractivity contribution in [3.8, 4) is 0 Å².